The summed E-state index contributed by atoms with van der Waals surface area (Å²) in [6.07, 6.45) is 4.01. The first-order valence-electron chi connectivity index (χ1n) is 21.3. The lowest BCUT2D eigenvalue weighted by atomic mass is 9.85. The lowest BCUT2D eigenvalue weighted by Crippen LogP contribution is -2.50. The van der Waals surface area contributed by atoms with E-state index in [9.17, 15) is 23.6 Å². The van der Waals surface area contributed by atoms with E-state index in [0.717, 1.165) is 76.1 Å². The maximum absolute atomic E-state index is 14.7. The number of benzene rings is 4. The number of hydrazine groups is 1. The van der Waals surface area contributed by atoms with Crippen LogP contribution < -0.4 is 31.6 Å². The van der Waals surface area contributed by atoms with Crippen LogP contribution in [-0.2, 0) is 9.59 Å². The van der Waals surface area contributed by atoms with Gasteiger partial charge in [0.15, 0.2) is 11.6 Å². The monoisotopic (exact) mass is 872 g/mol. The summed E-state index contributed by atoms with van der Waals surface area (Å²) in [6, 6.07) is 28.6. The summed E-state index contributed by atoms with van der Waals surface area (Å²) in [5, 5.41) is 13.7. The molecule has 0 bridgehead atoms. The first kappa shape index (κ1) is 43.2. The Bertz CT molecular complexity index is 2420. The van der Waals surface area contributed by atoms with E-state index in [1.54, 1.807) is 72.8 Å². The Balaban J connectivity index is 0.751. The van der Waals surface area contributed by atoms with E-state index in [1.807, 2.05) is 17.1 Å². The van der Waals surface area contributed by atoms with E-state index < -0.39 is 5.82 Å². The van der Waals surface area contributed by atoms with Gasteiger partial charge in [0.2, 0.25) is 17.8 Å². The maximum Gasteiger partial charge on any atom is 0.265 e. The van der Waals surface area contributed by atoms with Gasteiger partial charge in [0.05, 0.1) is 22.8 Å². The third kappa shape index (κ3) is 11.0. The van der Waals surface area contributed by atoms with Crippen molar-refractivity contribution < 1.29 is 23.6 Å². The number of piperidine rings is 2. The van der Waals surface area contributed by atoms with Gasteiger partial charge in [-0.05, 0) is 109 Å². The van der Waals surface area contributed by atoms with Crippen molar-refractivity contribution in [1.29, 1.82) is 0 Å². The van der Waals surface area contributed by atoms with Gasteiger partial charge in [0, 0.05) is 80.4 Å². The fourth-order valence-electron chi connectivity index (χ4n) is 8.41. The number of nitrogens with zero attached hydrogens (tertiary/aromatic N) is 5. The molecular weight excluding hydrogens is 823 g/mol. The molecule has 326 valence electrons. The van der Waals surface area contributed by atoms with Crippen LogP contribution in [0.3, 0.4) is 0 Å². The summed E-state index contributed by atoms with van der Waals surface area (Å²) >= 11 is 6.16. The molecule has 5 N–H and O–H groups in total. The normalized spacial score (nSPS) is 18.0. The van der Waals surface area contributed by atoms with Gasteiger partial charge in [-0.1, -0.05) is 42.8 Å². The van der Waals surface area contributed by atoms with Crippen LogP contribution in [0.2, 0.25) is 5.02 Å². The van der Waals surface area contributed by atoms with Crippen molar-refractivity contribution in [3.05, 3.63) is 131 Å². The number of piperazine rings is 1. The molecule has 5 aromatic rings. The molecule has 0 aliphatic carbocycles. The highest BCUT2D eigenvalue weighted by Gasteiger charge is 2.30. The van der Waals surface area contributed by atoms with Crippen LogP contribution in [0.25, 0.3) is 0 Å². The summed E-state index contributed by atoms with van der Waals surface area (Å²) in [7, 11) is 0. The molecular formula is C47H50ClFN10O4. The zero-order valence-corrected chi connectivity index (χ0v) is 35.7. The molecule has 8 rings (SSSR count). The van der Waals surface area contributed by atoms with E-state index in [2.05, 4.69) is 65.5 Å². The molecule has 3 saturated heterocycles. The van der Waals surface area contributed by atoms with E-state index in [4.69, 9.17) is 11.6 Å². The molecule has 14 nitrogen and oxygen atoms in total. The van der Waals surface area contributed by atoms with Crippen molar-refractivity contribution in [1.82, 2.24) is 30.6 Å². The van der Waals surface area contributed by atoms with Gasteiger partial charge in [0.1, 0.15) is 0 Å². The topological polar surface area (TPSA) is 164 Å². The Morgan fingerprint density at radius 3 is 2.13 bits per heavy atom. The van der Waals surface area contributed by atoms with Gasteiger partial charge in [0.25, 0.3) is 11.8 Å². The van der Waals surface area contributed by atoms with Crippen LogP contribution in [0.5, 0.6) is 0 Å². The molecule has 3 aliphatic heterocycles. The number of nitrogens with one attached hydrogen (secondary N) is 5. The minimum Gasteiger partial charge on any atom is -0.369 e. The smallest absolute Gasteiger partial charge is 0.265 e. The molecule has 0 radical (unpaired) electrons. The van der Waals surface area contributed by atoms with Crippen LogP contribution >= 0.6 is 11.6 Å². The third-order valence-electron chi connectivity index (χ3n) is 12.1. The predicted octanol–water partition coefficient (Wildman–Crippen LogP) is 7.34. The Morgan fingerprint density at radius 2 is 1.46 bits per heavy atom. The number of aromatic nitrogens is 2. The molecule has 63 heavy (non-hydrogen) atoms. The number of imide groups is 1. The zero-order chi connectivity index (χ0) is 43.9. The van der Waals surface area contributed by atoms with Crippen LogP contribution in [0.4, 0.5) is 38.9 Å². The van der Waals surface area contributed by atoms with E-state index >= 15 is 0 Å². The van der Waals surface area contributed by atoms with Crippen LogP contribution in [-0.4, -0.2) is 89.3 Å². The van der Waals surface area contributed by atoms with Crippen molar-refractivity contribution in [2.45, 2.75) is 38.5 Å². The summed E-state index contributed by atoms with van der Waals surface area (Å²) in [4.78, 5) is 63.0. The number of carbonyl (C=O) groups is 4. The van der Waals surface area contributed by atoms with E-state index in [-0.39, 0.29) is 41.3 Å². The molecule has 4 amide bonds. The number of halogens is 2. The molecule has 0 spiro atoms. The minimum atomic E-state index is -0.657. The van der Waals surface area contributed by atoms with E-state index in [0.29, 0.717) is 57.9 Å². The Hall–Kier alpha value is -6.42. The van der Waals surface area contributed by atoms with Crippen LogP contribution in [0, 0.1) is 17.7 Å². The number of rotatable bonds is 13. The largest absolute Gasteiger partial charge is 0.369 e. The third-order valence-corrected chi connectivity index (χ3v) is 12.4. The Kier molecular flexibility index (Phi) is 13.5. The highest BCUT2D eigenvalue weighted by Crippen LogP contribution is 2.29. The number of anilines is 6. The second kappa shape index (κ2) is 19.7. The number of hydrogen-bond acceptors (Lipinski definition) is 11. The Labute approximate surface area is 370 Å². The average Bonchev–Trinajstić information content (AvgIpc) is 3.29. The fourth-order valence-corrected chi connectivity index (χ4v) is 8.59. The van der Waals surface area contributed by atoms with Crippen molar-refractivity contribution in [3.8, 4) is 0 Å². The minimum absolute atomic E-state index is 0.0534. The maximum atomic E-state index is 14.7. The van der Waals surface area contributed by atoms with Crippen molar-refractivity contribution in [2.24, 2.45) is 11.8 Å². The summed E-state index contributed by atoms with van der Waals surface area (Å²) in [5.74, 6) is -0.637. The van der Waals surface area contributed by atoms with Crippen molar-refractivity contribution in [2.75, 3.05) is 66.7 Å². The van der Waals surface area contributed by atoms with E-state index in [1.165, 1.54) is 0 Å². The van der Waals surface area contributed by atoms with Gasteiger partial charge in [-0.2, -0.15) is 4.98 Å². The molecule has 2 atom stereocenters. The fraction of sp³-hybridized carbons (Fsp3) is 0.319. The van der Waals surface area contributed by atoms with Gasteiger partial charge in [-0.25, -0.2) is 14.4 Å². The molecule has 0 saturated carbocycles. The molecule has 4 heterocycles. The van der Waals surface area contributed by atoms with Gasteiger partial charge in [-0.3, -0.25) is 34.8 Å². The number of hydrogen-bond donors (Lipinski definition) is 5. The summed E-state index contributed by atoms with van der Waals surface area (Å²) in [5.41, 5.74) is 7.72. The number of carbonyl (C=O) groups excluding carboxylic acids is 4. The summed E-state index contributed by atoms with van der Waals surface area (Å²) < 4.78 is 14.7. The van der Waals surface area contributed by atoms with Gasteiger partial charge in [-0.15, -0.1) is 0 Å². The lowest BCUT2D eigenvalue weighted by Gasteiger charge is -2.40. The molecule has 1 unspecified atom stereocenters. The van der Waals surface area contributed by atoms with Crippen LogP contribution in [0.1, 0.15) is 64.8 Å². The highest BCUT2D eigenvalue weighted by atomic mass is 35.5. The SMILES string of the molecule is C[C@@H](CN1CCN(c2ccc(C3CCC(=O)NC3=O)cc2)CC1)C1CCN(NC(=O)c2ccc(Nc3ncc(F)c(Nc4ccc(C(=O)Nc5ccccc5Cl)cc4)n3)cc2)CC1. The van der Waals surface area contributed by atoms with Crippen molar-refractivity contribution >= 4 is 69.7 Å². The molecule has 3 aliphatic rings. The average molecular weight is 873 g/mol. The Morgan fingerprint density at radius 1 is 0.810 bits per heavy atom. The predicted molar refractivity (Wildman–Crippen MR) is 242 cm³/mol. The molecule has 1 aromatic heterocycles. The highest BCUT2D eigenvalue weighted by molar-refractivity contribution is 6.33. The second-order valence-corrected chi connectivity index (χ2v) is 16.8. The first-order valence-corrected chi connectivity index (χ1v) is 21.7. The quantitative estimate of drug-likeness (QED) is 0.0753. The molecule has 3 fully saturated rings. The van der Waals surface area contributed by atoms with Gasteiger partial charge >= 0.3 is 0 Å². The lowest BCUT2D eigenvalue weighted by molar-refractivity contribution is -0.134. The first-order chi connectivity index (χ1) is 30.5. The summed E-state index contributed by atoms with van der Waals surface area (Å²) in [6.45, 7) is 8.81. The molecule has 16 heteroatoms. The standard InChI is InChI=1S/C47H50ClFN10O4/c1-30(29-57-24-26-58(27-25-57)37-16-10-32(11-17-37)38-18-19-42(60)54-46(38)63)31-20-22-59(23-21-31)56-45(62)34-8-14-36(15-9-34)52-47-50-28-40(49)43(55-47)51-35-12-6-33(7-13-35)44(61)53-41-5-3-2-4-39(41)48/h2-17,28,30-31,38H,18-27,29H2,1H3,(H,53,61)(H,56,62)(H,54,60,63)(H2,50,51,52,55)/t30-,38?/m0/s1. The van der Waals surface area contributed by atoms with Crippen LogP contribution in [0.15, 0.2) is 103 Å². The second-order valence-electron chi connectivity index (χ2n) is 16.4. The van der Waals surface area contributed by atoms with Gasteiger partial charge < -0.3 is 20.9 Å². The zero-order valence-electron chi connectivity index (χ0n) is 35.0. The van der Waals surface area contributed by atoms with Crippen molar-refractivity contribution in [3.63, 3.8) is 0 Å². The molecule has 4 aromatic carbocycles. The number of amides is 4. The number of para-hydroxylation sites is 1.